The summed E-state index contributed by atoms with van der Waals surface area (Å²) >= 11 is 0. The van der Waals surface area contributed by atoms with Crippen LogP contribution in [0.4, 0.5) is 4.79 Å². The van der Waals surface area contributed by atoms with Crippen LogP contribution in [0.1, 0.15) is 71.6 Å². The predicted molar refractivity (Wildman–Crippen MR) is 124 cm³/mol. The minimum absolute atomic E-state index is 0.118. The molecule has 8 nitrogen and oxygen atoms in total. The third-order valence-electron chi connectivity index (χ3n) is 4.59. The van der Waals surface area contributed by atoms with Crippen LogP contribution in [0.5, 0.6) is 0 Å². The summed E-state index contributed by atoms with van der Waals surface area (Å²) < 4.78 is 5.23. The van der Waals surface area contributed by atoms with Gasteiger partial charge < -0.3 is 25.4 Å². The lowest BCUT2D eigenvalue weighted by Crippen LogP contribution is -2.55. The zero-order valence-electron chi connectivity index (χ0n) is 20.4. The van der Waals surface area contributed by atoms with Gasteiger partial charge in [-0.1, -0.05) is 43.2 Å². The Bertz CT molecular complexity index is 756. The van der Waals surface area contributed by atoms with Crippen LogP contribution in [0.3, 0.4) is 0 Å². The molecule has 0 fully saturated rings. The number of ether oxygens (including phenoxy) is 1. The third-order valence-corrected chi connectivity index (χ3v) is 4.59. The minimum Gasteiger partial charge on any atom is -0.444 e. The fourth-order valence-corrected chi connectivity index (χ4v) is 3.12. The molecule has 0 bridgehead atoms. The molecule has 0 aliphatic heterocycles. The molecule has 1 rings (SSSR count). The number of unbranched alkanes of at least 4 members (excludes halogenated alkanes) is 1. The van der Waals surface area contributed by atoms with Crippen molar-refractivity contribution in [2.24, 2.45) is 0 Å². The van der Waals surface area contributed by atoms with Crippen molar-refractivity contribution in [1.82, 2.24) is 15.5 Å². The Morgan fingerprint density at radius 2 is 1.69 bits per heavy atom. The van der Waals surface area contributed by atoms with Crippen molar-refractivity contribution in [3.8, 4) is 0 Å². The van der Waals surface area contributed by atoms with Crippen LogP contribution in [0.15, 0.2) is 24.3 Å². The van der Waals surface area contributed by atoms with Gasteiger partial charge >= 0.3 is 6.09 Å². The topological polar surface area (TPSA) is 108 Å². The first kappa shape index (κ1) is 27.4. The van der Waals surface area contributed by atoms with Crippen LogP contribution in [0, 0.1) is 6.92 Å². The highest BCUT2D eigenvalue weighted by Crippen LogP contribution is 2.24. The number of hydrogen-bond donors (Lipinski definition) is 3. The van der Waals surface area contributed by atoms with E-state index in [0.717, 1.165) is 12.0 Å². The van der Waals surface area contributed by atoms with Crippen molar-refractivity contribution in [2.45, 2.75) is 85.0 Å². The lowest BCUT2D eigenvalue weighted by molar-refractivity contribution is -0.143. The number of aliphatic hydroxyl groups is 1. The molecule has 0 heterocycles. The summed E-state index contributed by atoms with van der Waals surface area (Å²) in [6.07, 6.45) is 0.659. The second kappa shape index (κ2) is 12.4. The number of alkyl carbamates (subject to hydrolysis) is 1. The first-order chi connectivity index (χ1) is 14.9. The third kappa shape index (κ3) is 8.86. The average molecular weight is 450 g/mol. The van der Waals surface area contributed by atoms with Crippen molar-refractivity contribution < 1.29 is 24.2 Å². The number of rotatable bonds is 10. The van der Waals surface area contributed by atoms with Crippen molar-refractivity contribution in [3.05, 3.63) is 35.4 Å². The number of nitrogens with one attached hydrogen (secondary N) is 2. The van der Waals surface area contributed by atoms with Crippen molar-refractivity contribution in [2.75, 3.05) is 13.2 Å². The van der Waals surface area contributed by atoms with Gasteiger partial charge in [0.15, 0.2) is 0 Å². The highest BCUT2D eigenvalue weighted by molar-refractivity contribution is 5.92. The van der Waals surface area contributed by atoms with Crippen LogP contribution in [0.2, 0.25) is 0 Å². The quantitative estimate of drug-likeness (QED) is 0.509. The zero-order valence-corrected chi connectivity index (χ0v) is 20.4. The second-order valence-electron chi connectivity index (χ2n) is 9.24. The van der Waals surface area contributed by atoms with E-state index in [9.17, 15) is 19.5 Å². The van der Waals surface area contributed by atoms with E-state index in [1.807, 2.05) is 52.0 Å². The molecule has 0 radical (unpaired) electrons. The standard InChI is InChI=1S/C24H39N3O5/c1-8-9-14-27(22(30)19(15-28)26-23(31)32-24(5,6)7)20(21(29)25-16(2)3)18-12-10-17(4)11-13-18/h10-13,16,19-20,28H,8-9,14-15H2,1-7H3,(H,25,29)(H,26,31). The Morgan fingerprint density at radius 1 is 1.09 bits per heavy atom. The van der Waals surface area contributed by atoms with Crippen LogP contribution in [0.25, 0.3) is 0 Å². The average Bonchev–Trinajstić information content (AvgIpc) is 2.67. The van der Waals surface area contributed by atoms with Gasteiger partial charge in [-0.15, -0.1) is 0 Å². The van der Waals surface area contributed by atoms with Gasteiger partial charge in [-0.25, -0.2) is 4.79 Å². The van der Waals surface area contributed by atoms with Crippen molar-refractivity contribution >= 4 is 17.9 Å². The Labute approximate surface area is 191 Å². The van der Waals surface area contributed by atoms with E-state index >= 15 is 0 Å². The fourth-order valence-electron chi connectivity index (χ4n) is 3.12. The smallest absolute Gasteiger partial charge is 0.408 e. The maximum absolute atomic E-state index is 13.5. The molecule has 2 unspecified atom stereocenters. The van der Waals surface area contributed by atoms with E-state index in [1.54, 1.807) is 20.8 Å². The molecule has 0 aliphatic carbocycles. The van der Waals surface area contributed by atoms with Crippen LogP contribution >= 0.6 is 0 Å². The van der Waals surface area contributed by atoms with Crippen LogP contribution in [-0.4, -0.2) is 58.8 Å². The molecule has 0 spiro atoms. The second-order valence-corrected chi connectivity index (χ2v) is 9.24. The number of carbonyl (C=O) groups is 3. The molecule has 180 valence electrons. The first-order valence-corrected chi connectivity index (χ1v) is 11.2. The number of nitrogens with zero attached hydrogens (tertiary/aromatic N) is 1. The summed E-state index contributed by atoms with van der Waals surface area (Å²) in [6, 6.07) is 5.16. The summed E-state index contributed by atoms with van der Waals surface area (Å²) in [4.78, 5) is 40.3. The maximum atomic E-state index is 13.5. The molecular formula is C24H39N3O5. The monoisotopic (exact) mass is 449 g/mol. The molecule has 3 N–H and O–H groups in total. The molecule has 0 saturated heterocycles. The van der Waals surface area contributed by atoms with E-state index in [1.165, 1.54) is 4.90 Å². The van der Waals surface area contributed by atoms with E-state index < -0.39 is 36.3 Å². The lowest BCUT2D eigenvalue weighted by Gasteiger charge is -2.34. The lowest BCUT2D eigenvalue weighted by atomic mass is 10.0. The van der Waals surface area contributed by atoms with Crippen LogP contribution < -0.4 is 10.6 Å². The van der Waals surface area contributed by atoms with E-state index in [0.29, 0.717) is 18.5 Å². The predicted octanol–water partition coefficient (Wildman–Crippen LogP) is 3.08. The van der Waals surface area contributed by atoms with E-state index in [4.69, 9.17) is 4.74 Å². The van der Waals surface area contributed by atoms with Gasteiger partial charge in [0.25, 0.3) is 0 Å². The molecule has 0 aromatic heterocycles. The first-order valence-electron chi connectivity index (χ1n) is 11.2. The fraction of sp³-hybridized carbons (Fsp3) is 0.625. The number of amides is 3. The van der Waals surface area contributed by atoms with E-state index in [-0.39, 0.29) is 11.9 Å². The van der Waals surface area contributed by atoms with Crippen LogP contribution in [-0.2, 0) is 14.3 Å². The molecule has 32 heavy (non-hydrogen) atoms. The summed E-state index contributed by atoms with van der Waals surface area (Å²) in [6.45, 7) is 12.4. The number of benzene rings is 1. The van der Waals surface area contributed by atoms with E-state index in [2.05, 4.69) is 10.6 Å². The number of aryl methyl sites for hydroxylation is 1. The van der Waals surface area contributed by atoms with Crippen molar-refractivity contribution in [3.63, 3.8) is 0 Å². The minimum atomic E-state index is -1.23. The number of aliphatic hydroxyl groups excluding tert-OH is 1. The molecule has 2 atom stereocenters. The molecule has 8 heteroatoms. The van der Waals surface area contributed by atoms with Gasteiger partial charge in [-0.3, -0.25) is 9.59 Å². The Morgan fingerprint density at radius 3 is 2.16 bits per heavy atom. The van der Waals surface area contributed by atoms with Gasteiger partial charge in [0.1, 0.15) is 17.7 Å². The van der Waals surface area contributed by atoms with Gasteiger partial charge in [-0.2, -0.15) is 0 Å². The highest BCUT2D eigenvalue weighted by atomic mass is 16.6. The molecular weight excluding hydrogens is 410 g/mol. The molecule has 1 aromatic carbocycles. The largest absolute Gasteiger partial charge is 0.444 e. The number of hydrogen-bond acceptors (Lipinski definition) is 5. The van der Waals surface area contributed by atoms with Gasteiger partial charge in [-0.05, 0) is 53.5 Å². The Balaban J connectivity index is 3.31. The summed E-state index contributed by atoms with van der Waals surface area (Å²) in [5, 5.41) is 15.2. The Kier molecular flexibility index (Phi) is 10.7. The highest BCUT2D eigenvalue weighted by Gasteiger charge is 2.36. The van der Waals surface area contributed by atoms with Crippen molar-refractivity contribution in [1.29, 1.82) is 0 Å². The molecule has 1 aromatic rings. The molecule has 0 aliphatic rings. The van der Waals surface area contributed by atoms with Gasteiger partial charge in [0.2, 0.25) is 11.8 Å². The Hall–Kier alpha value is -2.61. The summed E-state index contributed by atoms with van der Waals surface area (Å²) in [5.74, 6) is -0.862. The van der Waals surface area contributed by atoms with Gasteiger partial charge in [0, 0.05) is 12.6 Å². The SMILES string of the molecule is CCCCN(C(=O)C(CO)NC(=O)OC(C)(C)C)C(C(=O)NC(C)C)c1ccc(C)cc1. The molecule has 3 amide bonds. The maximum Gasteiger partial charge on any atom is 0.408 e. The zero-order chi connectivity index (χ0) is 24.5. The summed E-state index contributed by atoms with van der Waals surface area (Å²) in [7, 11) is 0. The molecule has 0 saturated carbocycles. The van der Waals surface area contributed by atoms with Gasteiger partial charge in [0.05, 0.1) is 6.61 Å². The normalized spacial score (nSPS) is 13.3. The summed E-state index contributed by atoms with van der Waals surface area (Å²) in [5.41, 5.74) is 0.937. The number of carbonyl (C=O) groups excluding carboxylic acids is 3.